The standard InChI is InChI=1S/C33H41N5O10/c1-15-27(40)19(35-32(45)34-3)12-22(47-15)48-21-14-33(46,16(2)36-38-10-8-37(4)9-11-38)13-18-24(21)31(44)26-25(29(18)42)28(41)17-6-5-7-20(39)23(17)30(26)43/h5-7,15,19,21-22,27,39-40,42,44,46H,8-14H2,1-4H3,(H2,34,35,45)/b36-16-/t15-,19-,21-,22-,27+,33-/m0/s1. The molecule has 2 aromatic carbocycles. The van der Waals surface area contributed by atoms with Crippen LogP contribution in [0, 0.1) is 0 Å². The number of fused-ring (bicyclic) bond motifs is 3. The third-order valence-electron chi connectivity index (χ3n) is 9.88. The molecule has 2 fully saturated rings. The fourth-order valence-corrected chi connectivity index (χ4v) is 7.06. The molecule has 2 aromatic rings. The van der Waals surface area contributed by atoms with Crippen LogP contribution in [0.2, 0.25) is 0 Å². The molecular weight excluding hydrogens is 626 g/mol. The third kappa shape index (κ3) is 5.75. The van der Waals surface area contributed by atoms with E-state index in [4.69, 9.17) is 14.6 Å². The third-order valence-corrected chi connectivity index (χ3v) is 9.88. The van der Waals surface area contributed by atoms with Crippen LogP contribution in [0.4, 0.5) is 4.79 Å². The number of phenols is 3. The second kappa shape index (κ2) is 12.6. The summed E-state index contributed by atoms with van der Waals surface area (Å²) in [6, 6.07) is 2.68. The van der Waals surface area contributed by atoms with E-state index in [9.17, 15) is 39.9 Å². The summed E-state index contributed by atoms with van der Waals surface area (Å²) in [6.45, 7) is 6.04. The smallest absolute Gasteiger partial charge is 0.314 e. The summed E-state index contributed by atoms with van der Waals surface area (Å²) in [5, 5.41) is 68.6. The van der Waals surface area contributed by atoms with Crippen molar-refractivity contribution in [1.29, 1.82) is 0 Å². The molecule has 0 radical (unpaired) electrons. The maximum atomic E-state index is 13.8. The molecule has 0 unspecified atom stereocenters. The summed E-state index contributed by atoms with van der Waals surface area (Å²) in [6.07, 6.45) is -4.66. The zero-order valence-corrected chi connectivity index (χ0v) is 27.2. The van der Waals surface area contributed by atoms with Crippen molar-refractivity contribution in [2.24, 2.45) is 5.10 Å². The van der Waals surface area contributed by atoms with Gasteiger partial charge in [0.2, 0.25) is 5.78 Å². The molecule has 2 heterocycles. The minimum atomic E-state index is -1.74. The number of aliphatic hydroxyl groups is 2. The highest BCUT2D eigenvalue weighted by molar-refractivity contribution is 6.31. The van der Waals surface area contributed by atoms with Gasteiger partial charge in [-0.1, -0.05) is 12.1 Å². The largest absolute Gasteiger partial charge is 0.507 e. The van der Waals surface area contributed by atoms with Crippen LogP contribution in [0.3, 0.4) is 0 Å². The number of rotatable bonds is 5. The molecule has 2 saturated heterocycles. The second-order valence-corrected chi connectivity index (χ2v) is 13.0. The second-order valence-electron chi connectivity index (χ2n) is 13.0. The summed E-state index contributed by atoms with van der Waals surface area (Å²) in [5.74, 6) is -3.32. The summed E-state index contributed by atoms with van der Waals surface area (Å²) >= 11 is 0. The van der Waals surface area contributed by atoms with Crippen LogP contribution >= 0.6 is 0 Å². The Balaban J connectivity index is 1.45. The maximum absolute atomic E-state index is 13.8. The molecule has 0 aromatic heterocycles. The number of ether oxygens (including phenoxy) is 2. The van der Waals surface area contributed by atoms with Crippen molar-refractivity contribution < 1.29 is 49.4 Å². The van der Waals surface area contributed by atoms with E-state index in [-0.39, 0.29) is 41.5 Å². The Labute approximate surface area is 276 Å². The van der Waals surface area contributed by atoms with Crippen LogP contribution in [-0.4, -0.2) is 129 Å². The van der Waals surface area contributed by atoms with Gasteiger partial charge in [-0.2, -0.15) is 5.10 Å². The van der Waals surface area contributed by atoms with E-state index in [1.807, 2.05) is 12.1 Å². The van der Waals surface area contributed by atoms with Crippen molar-refractivity contribution in [2.45, 2.75) is 69.4 Å². The van der Waals surface area contributed by atoms with Crippen molar-refractivity contribution in [3.05, 3.63) is 51.6 Å². The number of likely N-dealkylation sites (N-methyl/N-ethyl adjacent to an activating group) is 1. The van der Waals surface area contributed by atoms with E-state index in [1.165, 1.54) is 25.2 Å². The van der Waals surface area contributed by atoms with Crippen LogP contribution in [0.5, 0.6) is 17.2 Å². The molecular formula is C33H41N5O10. The van der Waals surface area contributed by atoms with E-state index in [0.717, 1.165) is 13.1 Å². The number of hydrogen-bond acceptors (Lipinski definition) is 13. The number of amides is 2. The van der Waals surface area contributed by atoms with Gasteiger partial charge >= 0.3 is 6.03 Å². The Hall–Kier alpha value is -4.28. The van der Waals surface area contributed by atoms with Crippen molar-refractivity contribution in [3.8, 4) is 17.2 Å². The monoisotopic (exact) mass is 667 g/mol. The lowest BCUT2D eigenvalue weighted by Gasteiger charge is -2.43. The van der Waals surface area contributed by atoms with Gasteiger partial charge in [0.15, 0.2) is 12.1 Å². The lowest BCUT2D eigenvalue weighted by Crippen LogP contribution is -2.57. The number of hydrogen-bond donors (Lipinski definition) is 7. The Kier molecular flexibility index (Phi) is 8.85. The highest BCUT2D eigenvalue weighted by atomic mass is 16.7. The van der Waals surface area contributed by atoms with Gasteiger partial charge in [-0.05, 0) is 27.0 Å². The first-order valence-electron chi connectivity index (χ1n) is 15.9. The minimum Gasteiger partial charge on any atom is -0.507 e. The Morgan fingerprint density at radius 2 is 1.75 bits per heavy atom. The summed E-state index contributed by atoms with van der Waals surface area (Å²) in [7, 11) is 3.44. The molecule has 0 spiro atoms. The Morgan fingerprint density at radius 1 is 1.06 bits per heavy atom. The summed E-state index contributed by atoms with van der Waals surface area (Å²) in [4.78, 5) is 41.8. The molecule has 15 nitrogen and oxygen atoms in total. The molecule has 0 saturated carbocycles. The van der Waals surface area contributed by atoms with Crippen LogP contribution < -0.4 is 10.6 Å². The quantitative estimate of drug-likeness (QED) is 0.148. The van der Waals surface area contributed by atoms with Crippen molar-refractivity contribution in [3.63, 3.8) is 0 Å². The number of benzene rings is 2. The molecule has 7 N–H and O–H groups in total. The molecule has 258 valence electrons. The van der Waals surface area contributed by atoms with Crippen molar-refractivity contribution >= 4 is 23.3 Å². The molecule has 15 heteroatoms. The predicted octanol–water partition coefficient (Wildman–Crippen LogP) is 0.731. The van der Waals surface area contributed by atoms with Gasteiger partial charge in [0.1, 0.15) is 29.0 Å². The SMILES string of the molecule is CNC(=O)N[C@H]1C[C@H](O[C@H]2C[C@](O)(/C(C)=N\N3CCN(C)CC3)Cc3c(O)c4c(c(O)c32)C(=O)c2c(O)cccc2C4=O)O[C@@H](C)[C@H]1O. The number of piperazine rings is 1. The number of nitrogens with one attached hydrogen (secondary N) is 2. The zero-order valence-electron chi connectivity index (χ0n) is 27.2. The highest BCUT2D eigenvalue weighted by Crippen LogP contribution is 2.52. The predicted molar refractivity (Wildman–Crippen MR) is 170 cm³/mol. The topological polar surface area (TPSA) is 214 Å². The average molecular weight is 668 g/mol. The van der Waals surface area contributed by atoms with Gasteiger partial charge in [0, 0.05) is 69.2 Å². The molecule has 6 rings (SSSR count). The van der Waals surface area contributed by atoms with E-state index < -0.39 is 82.2 Å². The lowest BCUT2D eigenvalue weighted by atomic mass is 9.71. The number of phenolic OH excluding ortho intramolecular Hbond substituents is 3. The van der Waals surface area contributed by atoms with Crippen molar-refractivity contribution in [1.82, 2.24) is 20.5 Å². The first kappa shape index (κ1) is 33.6. The number of urea groups is 1. The molecule has 2 amide bonds. The normalized spacial score (nSPS) is 29.2. The first-order valence-corrected chi connectivity index (χ1v) is 15.9. The van der Waals surface area contributed by atoms with Crippen LogP contribution in [0.15, 0.2) is 23.3 Å². The van der Waals surface area contributed by atoms with Gasteiger partial charge in [0.05, 0.1) is 40.7 Å². The fraction of sp³-hybridized carbons (Fsp3) is 0.515. The van der Waals surface area contributed by atoms with Crippen LogP contribution in [-0.2, 0) is 15.9 Å². The highest BCUT2D eigenvalue weighted by Gasteiger charge is 2.49. The maximum Gasteiger partial charge on any atom is 0.314 e. The molecule has 0 bridgehead atoms. The minimum absolute atomic E-state index is 0.00777. The van der Waals surface area contributed by atoms with Crippen LogP contribution in [0.25, 0.3) is 0 Å². The Morgan fingerprint density at radius 3 is 2.44 bits per heavy atom. The number of aromatic hydroxyl groups is 3. The van der Waals surface area contributed by atoms with E-state index in [0.29, 0.717) is 18.8 Å². The number of ketones is 2. The van der Waals surface area contributed by atoms with Gasteiger partial charge in [0.25, 0.3) is 0 Å². The molecule has 2 aliphatic heterocycles. The molecule has 6 atom stereocenters. The first-order chi connectivity index (χ1) is 22.7. The average Bonchev–Trinajstić information content (AvgIpc) is 3.04. The molecule has 48 heavy (non-hydrogen) atoms. The van der Waals surface area contributed by atoms with Gasteiger partial charge in [-0.15, -0.1) is 0 Å². The number of carbonyl (C=O) groups is 3. The van der Waals surface area contributed by atoms with E-state index in [1.54, 1.807) is 13.8 Å². The van der Waals surface area contributed by atoms with Crippen LogP contribution in [0.1, 0.15) is 75.8 Å². The zero-order chi connectivity index (χ0) is 34.7. The summed E-state index contributed by atoms with van der Waals surface area (Å²) in [5.41, 5.74) is -2.82. The van der Waals surface area contributed by atoms with Gasteiger partial charge in [-0.25, -0.2) is 4.79 Å². The van der Waals surface area contributed by atoms with Crippen molar-refractivity contribution in [2.75, 3.05) is 40.3 Å². The van der Waals surface area contributed by atoms with Gasteiger partial charge in [-0.3, -0.25) is 14.6 Å². The van der Waals surface area contributed by atoms with Gasteiger partial charge < -0.3 is 50.5 Å². The Bertz CT molecular complexity index is 1690. The molecule has 2 aliphatic carbocycles. The number of nitrogens with zero attached hydrogens (tertiary/aromatic N) is 3. The van der Waals surface area contributed by atoms with E-state index in [2.05, 4.69) is 15.5 Å². The number of hydrazone groups is 1. The fourth-order valence-electron chi connectivity index (χ4n) is 7.06. The lowest BCUT2D eigenvalue weighted by molar-refractivity contribution is -0.247. The summed E-state index contributed by atoms with van der Waals surface area (Å²) < 4.78 is 12.3. The number of carbonyl (C=O) groups excluding carboxylic acids is 3. The molecule has 4 aliphatic rings. The number of aliphatic hydroxyl groups excluding tert-OH is 1. The van der Waals surface area contributed by atoms with E-state index >= 15 is 0 Å².